The van der Waals surface area contributed by atoms with Crippen molar-refractivity contribution in [3.05, 3.63) is 40.4 Å². The Bertz CT molecular complexity index is 597. The molecule has 2 aromatic rings. The zero-order valence-corrected chi connectivity index (χ0v) is 9.28. The van der Waals surface area contributed by atoms with Crippen LogP contribution in [0.5, 0.6) is 0 Å². The van der Waals surface area contributed by atoms with Gasteiger partial charge in [-0.2, -0.15) is 0 Å². The molecule has 76 valence electrons. The number of fused-ring (bicyclic) bond motifs is 1. The number of aromatic amines is 1. The first-order valence-corrected chi connectivity index (χ1v) is 6.78. The summed E-state index contributed by atoms with van der Waals surface area (Å²) >= 11 is 0. The second-order valence-corrected chi connectivity index (χ2v) is 5.54. The van der Waals surface area contributed by atoms with E-state index in [0.717, 1.165) is 16.8 Å². The first kappa shape index (κ1) is 9.18. The van der Waals surface area contributed by atoms with E-state index in [1.807, 2.05) is 29.0 Å². The number of hydrogen-bond donors (Lipinski definition) is 1. The van der Waals surface area contributed by atoms with E-state index in [-0.39, 0.29) is 0 Å². The predicted molar refractivity (Wildman–Crippen MR) is 64.9 cm³/mol. The molecule has 3 nitrogen and oxygen atoms in total. The lowest BCUT2D eigenvalue weighted by molar-refractivity contribution is 0.555. The summed E-state index contributed by atoms with van der Waals surface area (Å²) in [6.07, 6.45) is 2.19. The van der Waals surface area contributed by atoms with Crippen molar-refractivity contribution in [3.8, 4) is 0 Å². The van der Waals surface area contributed by atoms with Crippen molar-refractivity contribution >= 4 is 37.6 Å². The maximum absolute atomic E-state index is 11.0. The average Bonchev–Trinajstić information content (AvgIpc) is 2.82. The Morgan fingerprint density at radius 1 is 1.40 bits per heavy atom. The average molecular weight is 237 g/mol. The van der Waals surface area contributed by atoms with Crippen LogP contribution in [0.2, 0.25) is 0 Å². The molecule has 0 bridgehead atoms. The number of hydrogen-bond acceptors (Lipinski definition) is 4. The molecule has 1 aromatic carbocycles. The van der Waals surface area contributed by atoms with Gasteiger partial charge in [-0.05, 0) is 23.8 Å². The number of nitrogens with one attached hydrogen (secondary N) is 1. The molecule has 0 fully saturated rings. The molecule has 1 aromatic heterocycles. The van der Waals surface area contributed by atoms with Crippen molar-refractivity contribution in [2.75, 3.05) is 5.75 Å². The quantitative estimate of drug-likeness (QED) is 0.775. The second kappa shape index (κ2) is 3.50. The Balaban J connectivity index is 2.16. The highest BCUT2D eigenvalue weighted by Gasteiger charge is 2.10. The number of H-pyrrole nitrogens is 1. The van der Waals surface area contributed by atoms with Crippen molar-refractivity contribution in [2.24, 2.45) is 0 Å². The summed E-state index contributed by atoms with van der Waals surface area (Å²) in [5.74, 6) is 0.643. The lowest BCUT2D eigenvalue weighted by Crippen LogP contribution is -1.92. The van der Waals surface area contributed by atoms with Crippen LogP contribution in [0.1, 0.15) is 5.56 Å². The zero-order chi connectivity index (χ0) is 10.3. The Morgan fingerprint density at radius 2 is 2.33 bits per heavy atom. The van der Waals surface area contributed by atoms with Crippen LogP contribution in [0.3, 0.4) is 0 Å². The van der Waals surface area contributed by atoms with E-state index in [0.29, 0.717) is 5.58 Å². The molecular formula is C10H7NO2S2. The minimum atomic E-state index is -0.399. The van der Waals surface area contributed by atoms with Gasteiger partial charge in [0.05, 0.1) is 5.52 Å². The van der Waals surface area contributed by atoms with E-state index in [9.17, 15) is 4.79 Å². The normalized spacial score (nSPS) is 15.9. The van der Waals surface area contributed by atoms with Gasteiger partial charge in [0.1, 0.15) is 0 Å². The van der Waals surface area contributed by atoms with Gasteiger partial charge >= 0.3 is 5.76 Å². The smallest absolute Gasteiger partial charge is 0.408 e. The number of aromatic nitrogens is 1. The van der Waals surface area contributed by atoms with Gasteiger partial charge in [0, 0.05) is 10.7 Å². The third-order valence-corrected chi connectivity index (χ3v) is 4.49. The van der Waals surface area contributed by atoms with Crippen molar-refractivity contribution in [1.29, 1.82) is 0 Å². The van der Waals surface area contributed by atoms with Crippen LogP contribution in [0.25, 0.3) is 16.0 Å². The lowest BCUT2D eigenvalue weighted by atomic mass is 10.2. The molecule has 1 N–H and O–H groups in total. The molecule has 0 amide bonds. The van der Waals surface area contributed by atoms with Crippen molar-refractivity contribution in [3.63, 3.8) is 0 Å². The molecule has 0 aliphatic carbocycles. The predicted octanol–water partition coefficient (Wildman–Crippen LogP) is 2.86. The summed E-state index contributed by atoms with van der Waals surface area (Å²) in [4.78, 5) is 14.9. The number of oxazole rings is 1. The van der Waals surface area contributed by atoms with Gasteiger partial charge in [0.2, 0.25) is 0 Å². The molecule has 2 heterocycles. The highest BCUT2D eigenvalue weighted by molar-refractivity contribution is 8.80. The molecule has 0 saturated carbocycles. The van der Waals surface area contributed by atoms with Crippen molar-refractivity contribution < 1.29 is 4.42 Å². The van der Waals surface area contributed by atoms with Crippen LogP contribution in [0.4, 0.5) is 0 Å². The summed E-state index contributed by atoms with van der Waals surface area (Å²) in [6, 6.07) is 5.75. The largest absolute Gasteiger partial charge is 0.417 e. The third-order valence-electron chi connectivity index (χ3n) is 2.19. The van der Waals surface area contributed by atoms with Crippen molar-refractivity contribution in [1.82, 2.24) is 4.98 Å². The van der Waals surface area contributed by atoms with Crippen LogP contribution in [0, 0.1) is 0 Å². The molecule has 5 heteroatoms. The molecule has 0 spiro atoms. The SMILES string of the molecule is O=c1[nH]c2cc(C3=CCSS3)ccc2o1. The Hall–Kier alpha value is -1.07. The van der Waals surface area contributed by atoms with Gasteiger partial charge in [-0.25, -0.2) is 4.79 Å². The van der Waals surface area contributed by atoms with Crippen LogP contribution in [0.15, 0.2) is 33.5 Å². The van der Waals surface area contributed by atoms with E-state index in [1.165, 1.54) is 4.91 Å². The minimum absolute atomic E-state index is 0.399. The molecular weight excluding hydrogens is 230 g/mol. The van der Waals surface area contributed by atoms with E-state index in [1.54, 1.807) is 10.8 Å². The summed E-state index contributed by atoms with van der Waals surface area (Å²) in [5, 5.41) is 0. The van der Waals surface area contributed by atoms with Gasteiger partial charge in [-0.3, -0.25) is 4.98 Å². The van der Waals surface area contributed by atoms with Crippen LogP contribution < -0.4 is 5.76 Å². The van der Waals surface area contributed by atoms with Crippen LogP contribution >= 0.6 is 21.6 Å². The van der Waals surface area contributed by atoms with Gasteiger partial charge in [-0.15, -0.1) is 0 Å². The van der Waals surface area contributed by atoms with Crippen LogP contribution in [-0.2, 0) is 0 Å². The Labute approximate surface area is 93.3 Å². The molecule has 0 radical (unpaired) electrons. The number of rotatable bonds is 1. The van der Waals surface area contributed by atoms with E-state index in [4.69, 9.17) is 4.42 Å². The topological polar surface area (TPSA) is 46.0 Å². The van der Waals surface area contributed by atoms with Crippen molar-refractivity contribution in [2.45, 2.75) is 0 Å². The molecule has 0 saturated heterocycles. The highest BCUT2D eigenvalue weighted by atomic mass is 33.1. The monoisotopic (exact) mass is 237 g/mol. The van der Waals surface area contributed by atoms with Gasteiger partial charge in [0.15, 0.2) is 5.58 Å². The fraction of sp³-hybridized carbons (Fsp3) is 0.100. The standard InChI is InChI=1S/C10H7NO2S2/c12-10-11-7-5-6(1-2-8(7)13-10)9-3-4-14-15-9/h1-3,5H,4H2,(H,11,12). The van der Waals surface area contributed by atoms with E-state index < -0.39 is 5.76 Å². The fourth-order valence-electron chi connectivity index (χ4n) is 1.51. The number of benzene rings is 1. The molecule has 15 heavy (non-hydrogen) atoms. The first-order chi connectivity index (χ1) is 7.33. The molecule has 3 rings (SSSR count). The van der Waals surface area contributed by atoms with Gasteiger partial charge in [0.25, 0.3) is 0 Å². The van der Waals surface area contributed by atoms with E-state index in [2.05, 4.69) is 11.1 Å². The Kier molecular flexibility index (Phi) is 2.14. The van der Waals surface area contributed by atoms with Gasteiger partial charge in [-0.1, -0.05) is 27.7 Å². The lowest BCUT2D eigenvalue weighted by Gasteiger charge is -1.99. The fourth-order valence-corrected chi connectivity index (χ4v) is 3.70. The second-order valence-electron chi connectivity index (χ2n) is 3.16. The van der Waals surface area contributed by atoms with E-state index >= 15 is 0 Å². The maximum Gasteiger partial charge on any atom is 0.417 e. The summed E-state index contributed by atoms with van der Waals surface area (Å²) in [5.41, 5.74) is 2.51. The highest BCUT2D eigenvalue weighted by Crippen LogP contribution is 2.43. The summed E-state index contributed by atoms with van der Waals surface area (Å²) < 4.78 is 4.94. The maximum atomic E-state index is 11.0. The minimum Gasteiger partial charge on any atom is -0.408 e. The first-order valence-electron chi connectivity index (χ1n) is 4.46. The summed E-state index contributed by atoms with van der Waals surface area (Å²) in [6.45, 7) is 0. The molecule has 1 aliphatic heterocycles. The molecule has 0 atom stereocenters. The third kappa shape index (κ3) is 1.61. The van der Waals surface area contributed by atoms with Crippen LogP contribution in [-0.4, -0.2) is 10.7 Å². The summed E-state index contributed by atoms with van der Waals surface area (Å²) in [7, 11) is 3.58. The van der Waals surface area contributed by atoms with Gasteiger partial charge < -0.3 is 4.42 Å². The molecule has 1 aliphatic rings. The zero-order valence-electron chi connectivity index (χ0n) is 7.65. The Morgan fingerprint density at radius 3 is 3.13 bits per heavy atom. The molecule has 0 unspecified atom stereocenters.